The molecule has 2 heteroatoms. The quantitative estimate of drug-likeness (QED) is 0.749. The van der Waals surface area contributed by atoms with E-state index in [2.05, 4.69) is 11.8 Å². The Kier molecular flexibility index (Phi) is 3.45. The lowest BCUT2D eigenvalue weighted by Crippen LogP contribution is -2.45. The van der Waals surface area contributed by atoms with E-state index in [9.17, 15) is 5.11 Å². The van der Waals surface area contributed by atoms with E-state index in [-0.39, 0.29) is 6.10 Å². The Morgan fingerprint density at radius 2 is 1.79 bits per heavy atom. The zero-order chi connectivity index (χ0) is 9.97. The monoisotopic (exact) mass is 197 g/mol. The molecule has 0 bridgehead atoms. The van der Waals surface area contributed by atoms with Gasteiger partial charge < -0.3 is 5.11 Å². The van der Waals surface area contributed by atoms with Crippen LogP contribution in [0.25, 0.3) is 0 Å². The van der Waals surface area contributed by atoms with E-state index in [0.717, 1.165) is 19.0 Å². The average molecular weight is 197 g/mol. The van der Waals surface area contributed by atoms with Gasteiger partial charge in [0.25, 0.3) is 0 Å². The molecule has 2 atom stereocenters. The molecule has 0 radical (unpaired) electrons. The van der Waals surface area contributed by atoms with Gasteiger partial charge in [0.15, 0.2) is 0 Å². The lowest BCUT2D eigenvalue weighted by Gasteiger charge is -2.35. The molecule has 0 aromatic rings. The van der Waals surface area contributed by atoms with Gasteiger partial charge in [-0.05, 0) is 38.6 Å². The van der Waals surface area contributed by atoms with Crippen molar-refractivity contribution in [3.8, 4) is 0 Å². The van der Waals surface area contributed by atoms with Crippen molar-refractivity contribution in [3.63, 3.8) is 0 Å². The van der Waals surface area contributed by atoms with Crippen LogP contribution in [0.3, 0.4) is 0 Å². The van der Waals surface area contributed by atoms with Gasteiger partial charge >= 0.3 is 0 Å². The topological polar surface area (TPSA) is 23.5 Å². The molecule has 82 valence electrons. The first-order chi connectivity index (χ1) is 6.83. The molecule has 2 saturated carbocycles. The minimum atomic E-state index is -0.0458. The van der Waals surface area contributed by atoms with E-state index < -0.39 is 0 Å². The molecule has 0 spiro atoms. The average Bonchev–Trinajstić information content (AvgIpc) is 2.80. The molecule has 0 saturated heterocycles. The van der Waals surface area contributed by atoms with E-state index in [4.69, 9.17) is 0 Å². The molecule has 0 aromatic heterocycles. The molecule has 0 aliphatic heterocycles. The first-order valence-corrected chi connectivity index (χ1v) is 6.26. The highest BCUT2D eigenvalue weighted by atomic mass is 16.3. The van der Waals surface area contributed by atoms with Crippen LogP contribution >= 0.6 is 0 Å². The molecule has 2 unspecified atom stereocenters. The minimum absolute atomic E-state index is 0.0458. The predicted octanol–water partition coefficient (Wildman–Crippen LogP) is 2.16. The van der Waals surface area contributed by atoms with Crippen molar-refractivity contribution in [2.75, 3.05) is 6.54 Å². The summed E-state index contributed by atoms with van der Waals surface area (Å²) in [5.74, 6) is 0. The molecule has 0 amide bonds. The van der Waals surface area contributed by atoms with Crippen LogP contribution in [0.1, 0.15) is 51.9 Å². The molecule has 14 heavy (non-hydrogen) atoms. The lowest BCUT2D eigenvalue weighted by molar-refractivity contribution is 0.0479. The normalized spacial score (nSPS) is 34.5. The Morgan fingerprint density at radius 1 is 1.07 bits per heavy atom. The van der Waals surface area contributed by atoms with Gasteiger partial charge in [-0.25, -0.2) is 0 Å². The van der Waals surface area contributed by atoms with Crippen LogP contribution in [0.5, 0.6) is 0 Å². The van der Waals surface area contributed by atoms with Crippen LogP contribution in [0.4, 0.5) is 0 Å². The van der Waals surface area contributed by atoms with Crippen LogP contribution in [0, 0.1) is 0 Å². The largest absolute Gasteiger partial charge is 0.391 e. The summed E-state index contributed by atoms with van der Waals surface area (Å²) >= 11 is 0. The number of aliphatic hydroxyl groups excluding tert-OH is 1. The van der Waals surface area contributed by atoms with Crippen molar-refractivity contribution < 1.29 is 5.11 Å². The summed E-state index contributed by atoms with van der Waals surface area (Å²) in [4.78, 5) is 2.57. The van der Waals surface area contributed by atoms with Gasteiger partial charge in [0, 0.05) is 12.1 Å². The highest BCUT2D eigenvalue weighted by Crippen LogP contribution is 2.31. The van der Waals surface area contributed by atoms with Gasteiger partial charge in [-0.1, -0.05) is 19.8 Å². The van der Waals surface area contributed by atoms with Crippen LogP contribution in [-0.2, 0) is 0 Å². The summed E-state index contributed by atoms with van der Waals surface area (Å²) in [5.41, 5.74) is 0. The number of likely N-dealkylation sites (N-methyl/N-ethyl adjacent to an activating group) is 1. The Bertz CT molecular complexity index is 177. The van der Waals surface area contributed by atoms with Crippen molar-refractivity contribution in [2.24, 2.45) is 0 Å². The smallest absolute Gasteiger partial charge is 0.0695 e. The predicted molar refractivity (Wildman–Crippen MR) is 58.3 cm³/mol. The maximum absolute atomic E-state index is 9.91. The van der Waals surface area contributed by atoms with Crippen molar-refractivity contribution in [3.05, 3.63) is 0 Å². The Morgan fingerprint density at radius 3 is 2.29 bits per heavy atom. The van der Waals surface area contributed by atoms with E-state index in [1.165, 1.54) is 38.5 Å². The highest BCUT2D eigenvalue weighted by molar-refractivity contribution is 4.89. The Hall–Kier alpha value is -0.0800. The summed E-state index contributed by atoms with van der Waals surface area (Å²) in [7, 11) is 0. The molecule has 0 heterocycles. The summed E-state index contributed by atoms with van der Waals surface area (Å²) in [6.45, 7) is 3.36. The SMILES string of the molecule is CCN(C1CCCC1)C1CCCC1O. The summed E-state index contributed by atoms with van der Waals surface area (Å²) in [6.07, 6.45) is 8.91. The maximum atomic E-state index is 9.91. The number of hydrogen-bond donors (Lipinski definition) is 1. The molecule has 2 nitrogen and oxygen atoms in total. The third-order valence-corrected chi connectivity index (χ3v) is 4.03. The third-order valence-electron chi connectivity index (χ3n) is 4.03. The summed E-state index contributed by atoms with van der Waals surface area (Å²) in [5, 5.41) is 9.91. The molecule has 0 aromatic carbocycles. The van der Waals surface area contributed by atoms with Gasteiger partial charge in [-0.3, -0.25) is 4.90 Å². The fourth-order valence-electron chi connectivity index (χ4n) is 3.31. The second kappa shape index (κ2) is 4.63. The second-order valence-electron chi connectivity index (χ2n) is 4.83. The van der Waals surface area contributed by atoms with Crippen molar-refractivity contribution in [1.29, 1.82) is 0 Å². The molecule has 1 N–H and O–H groups in total. The number of rotatable bonds is 3. The molecule has 2 fully saturated rings. The van der Waals surface area contributed by atoms with E-state index >= 15 is 0 Å². The van der Waals surface area contributed by atoms with Crippen LogP contribution in [0.15, 0.2) is 0 Å². The third kappa shape index (κ3) is 1.96. The lowest BCUT2D eigenvalue weighted by atomic mass is 10.1. The highest BCUT2D eigenvalue weighted by Gasteiger charge is 2.34. The van der Waals surface area contributed by atoms with Crippen molar-refractivity contribution >= 4 is 0 Å². The first kappa shape index (κ1) is 10.4. The zero-order valence-corrected chi connectivity index (χ0v) is 9.28. The van der Waals surface area contributed by atoms with Gasteiger partial charge in [0.05, 0.1) is 6.10 Å². The fourth-order valence-corrected chi connectivity index (χ4v) is 3.31. The molecule has 2 rings (SSSR count). The van der Waals surface area contributed by atoms with E-state index in [1.807, 2.05) is 0 Å². The van der Waals surface area contributed by atoms with E-state index in [1.54, 1.807) is 0 Å². The minimum Gasteiger partial charge on any atom is -0.391 e. The van der Waals surface area contributed by atoms with Crippen molar-refractivity contribution in [1.82, 2.24) is 4.90 Å². The van der Waals surface area contributed by atoms with Crippen LogP contribution in [-0.4, -0.2) is 34.7 Å². The molecule has 2 aliphatic rings. The molecule has 2 aliphatic carbocycles. The fraction of sp³-hybridized carbons (Fsp3) is 1.00. The Balaban J connectivity index is 1.96. The van der Waals surface area contributed by atoms with Gasteiger partial charge in [-0.2, -0.15) is 0 Å². The number of aliphatic hydroxyl groups is 1. The summed E-state index contributed by atoms with van der Waals surface area (Å²) in [6, 6.07) is 1.25. The van der Waals surface area contributed by atoms with Crippen LogP contribution in [0.2, 0.25) is 0 Å². The zero-order valence-electron chi connectivity index (χ0n) is 9.28. The number of hydrogen-bond acceptors (Lipinski definition) is 2. The van der Waals surface area contributed by atoms with Crippen LogP contribution < -0.4 is 0 Å². The standard InChI is InChI=1S/C12H23NO/c1-2-13(10-6-3-4-7-10)11-8-5-9-12(11)14/h10-12,14H,2-9H2,1H3. The molecular formula is C12H23NO. The van der Waals surface area contributed by atoms with Crippen molar-refractivity contribution in [2.45, 2.75) is 70.1 Å². The number of nitrogens with zero attached hydrogens (tertiary/aromatic N) is 1. The molecular weight excluding hydrogens is 174 g/mol. The maximum Gasteiger partial charge on any atom is 0.0695 e. The summed E-state index contributed by atoms with van der Waals surface area (Å²) < 4.78 is 0. The van der Waals surface area contributed by atoms with E-state index in [0.29, 0.717) is 6.04 Å². The van der Waals surface area contributed by atoms with Gasteiger partial charge in [-0.15, -0.1) is 0 Å². The van der Waals surface area contributed by atoms with Gasteiger partial charge in [0.1, 0.15) is 0 Å². The first-order valence-electron chi connectivity index (χ1n) is 6.26. The van der Waals surface area contributed by atoms with Gasteiger partial charge in [0.2, 0.25) is 0 Å². The second-order valence-corrected chi connectivity index (χ2v) is 4.83. The Labute approximate surface area is 87.3 Å².